The molecule has 5 heteroatoms. The zero-order valence-corrected chi connectivity index (χ0v) is 15.1. The van der Waals surface area contributed by atoms with E-state index in [4.69, 9.17) is 4.74 Å². The average Bonchev–Trinajstić information content (AvgIpc) is 2.96. The lowest BCUT2D eigenvalue weighted by Crippen LogP contribution is -1.95. The van der Waals surface area contributed by atoms with Gasteiger partial charge in [0, 0.05) is 0 Å². The summed E-state index contributed by atoms with van der Waals surface area (Å²) >= 11 is 2.92. The maximum Gasteiger partial charge on any atom is 0.285 e. The standard InChI is InChI=1S/C19H17NO2S2/c1-13-3-9-16(10-4-13)22-12-15-7-5-14(6-8-15)11-17-18(21)20-19(23-2)24-17/h3-11H,12H2,1-2H3/b17-11-. The molecule has 122 valence electrons. The van der Waals surface area contributed by atoms with E-state index in [1.165, 1.54) is 29.1 Å². The van der Waals surface area contributed by atoms with Gasteiger partial charge in [-0.2, -0.15) is 4.99 Å². The monoisotopic (exact) mass is 355 g/mol. The quantitative estimate of drug-likeness (QED) is 0.731. The van der Waals surface area contributed by atoms with Crippen LogP contribution in [0.5, 0.6) is 5.75 Å². The molecule has 0 unspecified atom stereocenters. The second-order valence-electron chi connectivity index (χ2n) is 5.34. The smallest absolute Gasteiger partial charge is 0.285 e. The fourth-order valence-electron chi connectivity index (χ4n) is 2.14. The molecule has 3 nitrogen and oxygen atoms in total. The van der Waals surface area contributed by atoms with Crippen molar-refractivity contribution in [1.29, 1.82) is 0 Å². The molecule has 2 aromatic rings. The van der Waals surface area contributed by atoms with Crippen LogP contribution in [0.4, 0.5) is 0 Å². The summed E-state index contributed by atoms with van der Waals surface area (Å²) in [6.07, 6.45) is 3.80. The van der Waals surface area contributed by atoms with E-state index in [0.29, 0.717) is 11.5 Å². The summed E-state index contributed by atoms with van der Waals surface area (Å²) in [6.45, 7) is 2.57. The number of hydrogen-bond acceptors (Lipinski definition) is 4. The Morgan fingerprint density at radius 3 is 2.46 bits per heavy atom. The van der Waals surface area contributed by atoms with Gasteiger partial charge in [0.05, 0.1) is 4.91 Å². The first kappa shape index (κ1) is 16.9. The number of carbonyl (C=O) groups is 1. The van der Waals surface area contributed by atoms with Gasteiger partial charge >= 0.3 is 0 Å². The van der Waals surface area contributed by atoms with Gasteiger partial charge in [0.2, 0.25) is 0 Å². The van der Waals surface area contributed by atoms with Gasteiger partial charge in [-0.3, -0.25) is 4.79 Å². The van der Waals surface area contributed by atoms with Crippen molar-refractivity contribution in [3.8, 4) is 5.75 Å². The minimum absolute atomic E-state index is 0.156. The van der Waals surface area contributed by atoms with Gasteiger partial charge in [0.15, 0.2) is 0 Å². The molecular weight excluding hydrogens is 338 g/mol. The van der Waals surface area contributed by atoms with E-state index in [9.17, 15) is 4.79 Å². The molecule has 1 heterocycles. The third kappa shape index (κ3) is 4.30. The van der Waals surface area contributed by atoms with Crippen LogP contribution < -0.4 is 4.74 Å². The van der Waals surface area contributed by atoms with E-state index in [-0.39, 0.29) is 5.91 Å². The maximum absolute atomic E-state index is 11.8. The number of thioether (sulfide) groups is 2. The van der Waals surface area contributed by atoms with Crippen LogP contribution in [0.3, 0.4) is 0 Å². The highest BCUT2D eigenvalue weighted by Crippen LogP contribution is 2.32. The summed E-state index contributed by atoms with van der Waals surface area (Å²) in [6, 6.07) is 16.0. The Hall–Kier alpha value is -1.98. The van der Waals surface area contributed by atoms with Crippen LogP contribution in [-0.2, 0) is 11.4 Å². The number of rotatable bonds is 4. The molecule has 1 amide bonds. The Labute approximate surface area is 150 Å². The topological polar surface area (TPSA) is 38.7 Å². The van der Waals surface area contributed by atoms with Crippen molar-refractivity contribution in [2.24, 2.45) is 4.99 Å². The summed E-state index contributed by atoms with van der Waals surface area (Å²) < 4.78 is 6.57. The average molecular weight is 355 g/mol. The summed E-state index contributed by atoms with van der Waals surface area (Å²) in [5.74, 6) is 0.706. The first-order chi connectivity index (χ1) is 11.6. The van der Waals surface area contributed by atoms with Crippen LogP contribution in [0.1, 0.15) is 16.7 Å². The number of aliphatic imine (C=N–C) groups is 1. The summed E-state index contributed by atoms with van der Waals surface area (Å²) in [4.78, 5) is 16.4. The summed E-state index contributed by atoms with van der Waals surface area (Å²) in [7, 11) is 0. The van der Waals surface area contributed by atoms with Gasteiger partial charge in [-0.25, -0.2) is 0 Å². The molecule has 0 fully saturated rings. The molecule has 2 aromatic carbocycles. The third-order valence-electron chi connectivity index (χ3n) is 3.48. The number of hydrogen-bond donors (Lipinski definition) is 0. The van der Waals surface area contributed by atoms with Crippen molar-refractivity contribution in [3.05, 3.63) is 70.1 Å². The molecule has 0 saturated carbocycles. The van der Waals surface area contributed by atoms with Crippen LogP contribution in [0.2, 0.25) is 0 Å². The lowest BCUT2D eigenvalue weighted by Gasteiger charge is -2.07. The zero-order valence-electron chi connectivity index (χ0n) is 13.5. The first-order valence-electron chi connectivity index (χ1n) is 7.49. The molecule has 0 atom stereocenters. The molecule has 3 rings (SSSR count). The molecule has 1 aliphatic heterocycles. The Balaban J connectivity index is 1.61. The predicted octanol–water partition coefficient (Wildman–Crippen LogP) is 4.91. The van der Waals surface area contributed by atoms with Crippen molar-refractivity contribution in [2.45, 2.75) is 13.5 Å². The Kier molecular flexibility index (Phi) is 5.43. The number of benzene rings is 2. The number of amides is 1. The molecular formula is C19H17NO2S2. The van der Waals surface area contributed by atoms with Gasteiger partial charge in [0.1, 0.15) is 16.7 Å². The van der Waals surface area contributed by atoms with Crippen LogP contribution in [0, 0.1) is 6.92 Å². The van der Waals surface area contributed by atoms with Crippen LogP contribution >= 0.6 is 23.5 Å². The second-order valence-corrected chi connectivity index (χ2v) is 7.42. The van der Waals surface area contributed by atoms with Crippen LogP contribution in [0.25, 0.3) is 6.08 Å². The van der Waals surface area contributed by atoms with E-state index < -0.39 is 0 Å². The largest absolute Gasteiger partial charge is 0.489 e. The fourth-order valence-corrected chi connectivity index (χ4v) is 3.56. The molecule has 0 bridgehead atoms. The van der Waals surface area contributed by atoms with Gasteiger partial charge in [-0.15, -0.1) is 11.8 Å². The Morgan fingerprint density at radius 2 is 1.83 bits per heavy atom. The Bertz CT molecular complexity index is 793. The van der Waals surface area contributed by atoms with E-state index >= 15 is 0 Å². The molecule has 0 N–H and O–H groups in total. The van der Waals surface area contributed by atoms with E-state index in [1.54, 1.807) is 0 Å². The van der Waals surface area contributed by atoms with E-state index in [2.05, 4.69) is 11.9 Å². The van der Waals surface area contributed by atoms with Crippen molar-refractivity contribution < 1.29 is 9.53 Å². The molecule has 24 heavy (non-hydrogen) atoms. The van der Waals surface area contributed by atoms with Gasteiger partial charge < -0.3 is 4.74 Å². The van der Waals surface area contributed by atoms with Crippen molar-refractivity contribution >= 4 is 39.9 Å². The van der Waals surface area contributed by atoms with Gasteiger partial charge in [-0.1, -0.05) is 53.7 Å². The molecule has 0 aliphatic carbocycles. The SMILES string of the molecule is CSC1=NC(=O)/C(=C/c2ccc(COc3ccc(C)cc3)cc2)S1. The van der Waals surface area contributed by atoms with Crippen LogP contribution in [0.15, 0.2) is 58.4 Å². The first-order valence-corrected chi connectivity index (χ1v) is 9.53. The van der Waals surface area contributed by atoms with Crippen molar-refractivity contribution in [2.75, 3.05) is 6.26 Å². The summed E-state index contributed by atoms with van der Waals surface area (Å²) in [5, 5.41) is 0. The lowest BCUT2D eigenvalue weighted by molar-refractivity contribution is -0.113. The maximum atomic E-state index is 11.8. The summed E-state index contributed by atoms with van der Waals surface area (Å²) in [5.41, 5.74) is 3.29. The number of carbonyl (C=O) groups excluding carboxylic acids is 1. The Morgan fingerprint density at radius 1 is 1.12 bits per heavy atom. The van der Waals surface area contributed by atoms with Gasteiger partial charge in [0.25, 0.3) is 5.91 Å². The fraction of sp³-hybridized carbons (Fsp3) is 0.158. The number of aryl methyl sites for hydroxylation is 1. The number of ether oxygens (including phenoxy) is 1. The highest BCUT2D eigenvalue weighted by molar-refractivity contribution is 8.40. The highest BCUT2D eigenvalue weighted by atomic mass is 32.2. The van der Waals surface area contributed by atoms with Crippen molar-refractivity contribution in [3.63, 3.8) is 0 Å². The van der Waals surface area contributed by atoms with Gasteiger partial charge in [-0.05, 0) is 42.5 Å². The zero-order chi connectivity index (χ0) is 16.9. The molecule has 0 aromatic heterocycles. The molecule has 0 radical (unpaired) electrons. The van der Waals surface area contributed by atoms with E-state index in [0.717, 1.165) is 21.3 Å². The molecule has 1 aliphatic rings. The molecule has 0 spiro atoms. The van der Waals surface area contributed by atoms with E-state index in [1.807, 2.05) is 60.9 Å². The normalized spacial score (nSPS) is 15.7. The predicted molar refractivity (Wildman–Crippen MR) is 103 cm³/mol. The highest BCUT2D eigenvalue weighted by Gasteiger charge is 2.20. The second kappa shape index (κ2) is 7.73. The lowest BCUT2D eigenvalue weighted by atomic mass is 10.1. The number of nitrogens with zero attached hydrogens (tertiary/aromatic N) is 1. The van der Waals surface area contributed by atoms with Crippen molar-refractivity contribution in [1.82, 2.24) is 0 Å². The molecule has 0 saturated heterocycles. The van der Waals surface area contributed by atoms with Crippen LogP contribution in [-0.4, -0.2) is 16.5 Å². The minimum Gasteiger partial charge on any atom is -0.489 e. The minimum atomic E-state index is -0.156. The third-order valence-corrected chi connectivity index (χ3v) is 5.45.